The van der Waals surface area contributed by atoms with Crippen LogP contribution in [0.1, 0.15) is 194 Å². The largest absolute Gasteiger partial charge is 0.457 e. The highest BCUT2D eigenvalue weighted by atomic mass is 16.6. The standard InChI is InChI=1S/C45H80O4/c1-3-5-7-9-11-13-15-17-19-20-21-22-23-24-25-26-27-28-30-32-34-36-38-40-45(47)49-44(42-46)43-48-41-39-37-35-33-31-29-18-16-14-12-10-8-6-4-2/h5,7,11,13-14,16-17,19,21-22,44,46H,3-4,6,8-10,12,15,18,20,23-43H2,1-2H3/b7-5-,13-11-,16-14-,19-17-,22-21-. The highest BCUT2D eigenvalue weighted by Gasteiger charge is 2.13. The third kappa shape index (κ3) is 40.4. The quantitative estimate of drug-likeness (QED) is 0.0399. The molecule has 49 heavy (non-hydrogen) atoms. The molecule has 0 radical (unpaired) electrons. The van der Waals surface area contributed by atoms with Crippen molar-refractivity contribution >= 4 is 5.97 Å². The molecule has 0 aromatic rings. The monoisotopic (exact) mass is 685 g/mol. The predicted octanol–water partition coefficient (Wildman–Crippen LogP) is 13.7. The highest BCUT2D eigenvalue weighted by molar-refractivity contribution is 5.69. The zero-order valence-electron chi connectivity index (χ0n) is 32.4. The van der Waals surface area contributed by atoms with Gasteiger partial charge in [0.1, 0.15) is 6.10 Å². The molecule has 0 fully saturated rings. The Kier molecular flexibility index (Phi) is 40.6. The number of aliphatic hydroxyl groups is 1. The van der Waals surface area contributed by atoms with Crippen LogP contribution in [0.2, 0.25) is 0 Å². The van der Waals surface area contributed by atoms with Crippen molar-refractivity contribution in [2.24, 2.45) is 0 Å². The van der Waals surface area contributed by atoms with E-state index in [-0.39, 0.29) is 19.2 Å². The maximum Gasteiger partial charge on any atom is 0.306 e. The maximum atomic E-state index is 12.2. The Bertz CT molecular complexity index is 809. The molecular weight excluding hydrogens is 604 g/mol. The van der Waals surface area contributed by atoms with Gasteiger partial charge in [-0.3, -0.25) is 4.79 Å². The molecule has 0 saturated carbocycles. The number of ether oxygens (including phenoxy) is 2. The van der Waals surface area contributed by atoms with E-state index in [4.69, 9.17) is 9.47 Å². The summed E-state index contributed by atoms with van der Waals surface area (Å²) < 4.78 is 11.1. The molecule has 0 spiro atoms. The molecule has 0 heterocycles. The molecule has 0 bridgehead atoms. The van der Waals surface area contributed by atoms with Gasteiger partial charge in [-0.25, -0.2) is 0 Å². The van der Waals surface area contributed by atoms with Crippen molar-refractivity contribution < 1.29 is 19.4 Å². The molecule has 0 aliphatic rings. The van der Waals surface area contributed by atoms with Gasteiger partial charge in [-0.15, -0.1) is 0 Å². The van der Waals surface area contributed by atoms with E-state index >= 15 is 0 Å². The number of hydrogen-bond donors (Lipinski definition) is 1. The lowest BCUT2D eigenvalue weighted by Gasteiger charge is -2.15. The number of carbonyl (C=O) groups is 1. The summed E-state index contributed by atoms with van der Waals surface area (Å²) in [4.78, 5) is 12.2. The van der Waals surface area contributed by atoms with Gasteiger partial charge in [0, 0.05) is 13.0 Å². The summed E-state index contributed by atoms with van der Waals surface area (Å²) in [6.45, 7) is 5.21. The zero-order chi connectivity index (χ0) is 35.6. The summed E-state index contributed by atoms with van der Waals surface area (Å²) in [5, 5.41) is 9.59. The van der Waals surface area contributed by atoms with Gasteiger partial charge in [-0.05, 0) is 77.0 Å². The summed E-state index contributed by atoms with van der Waals surface area (Å²) in [5.74, 6) is -0.209. The van der Waals surface area contributed by atoms with E-state index in [1.54, 1.807) is 0 Å². The van der Waals surface area contributed by atoms with Gasteiger partial charge < -0.3 is 14.6 Å². The fraction of sp³-hybridized carbons (Fsp3) is 0.756. The van der Waals surface area contributed by atoms with E-state index < -0.39 is 6.10 Å². The van der Waals surface area contributed by atoms with Gasteiger partial charge in [-0.1, -0.05) is 171 Å². The van der Waals surface area contributed by atoms with Crippen LogP contribution >= 0.6 is 0 Å². The topological polar surface area (TPSA) is 55.8 Å². The van der Waals surface area contributed by atoms with Crippen LogP contribution in [0, 0.1) is 0 Å². The van der Waals surface area contributed by atoms with E-state index in [2.05, 4.69) is 74.6 Å². The predicted molar refractivity (Wildman–Crippen MR) is 214 cm³/mol. The van der Waals surface area contributed by atoms with Gasteiger partial charge in [0.25, 0.3) is 0 Å². The maximum absolute atomic E-state index is 12.2. The van der Waals surface area contributed by atoms with Crippen molar-refractivity contribution in [1.29, 1.82) is 0 Å². The summed E-state index contributed by atoms with van der Waals surface area (Å²) in [7, 11) is 0. The molecule has 0 aromatic carbocycles. The third-order valence-electron chi connectivity index (χ3n) is 8.83. The van der Waals surface area contributed by atoms with Crippen molar-refractivity contribution in [3.63, 3.8) is 0 Å². The van der Waals surface area contributed by atoms with Crippen LogP contribution < -0.4 is 0 Å². The Morgan fingerprint density at radius 1 is 0.510 bits per heavy atom. The van der Waals surface area contributed by atoms with Crippen LogP contribution in [0.4, 0.5) is 0 Å². The Morgan fingerprint density at radius 3 is 1.41 bits per heavy atom. The van der Waals surface area contributed by atoms with Crippen LogP contribution in [0.25, 0.3) is 0 Å². The normalized spacial score (nSPS) is 13.0. The van der Waals surface area contributed by atoms with Gasteiger partial charge >= 0.3 is 5.97 Å². The molecule has 0 aliphatic carbocycles. The molecule has 1 N–H and O–H groups in total. The van der Waals surface area contributed by atoms with E-state index in [0.29, 0.717) is 13.0 Å². The Labute approximate surface area is 305 Å². The first-order valence-corrected chi connectivity index (χ1v) is 20.9. The molecule has 4 heteroatoms. The molecule has 1 unspecified atom stereocenters. The third-order valence-corrected chi connectivity index (χ3v) is 8.83. The first-order chi connectivity index (χ1) is 24.2. The average molecular weight is 685 g/mol. The van der Waals surface area contributed by atoms with Crippen molar-refractivity contribution in [3.8, 4) is 0 Å². The Hall–Kier alpha value is -1.91. The highest BCUT2D eigenvalue weighted by Crippen LogP contribution is 2.13. The molecule has 0 amide bonds. The van der Waals surface area contributed by atoms with Crippen LogP contribution in [0.3, 0.4) is 0 Å². The first kappa shape index (κ1) is 47.1. The number of allylic oxidation sites excluding steroid dienone is 10. The van der Waals surface area contributed by atoms with Crippen LogP contribution in [0.15, 0.2) is 60.8 Å². The molecule has 0 rings (SSSR count). The molecule has 0 aromatic heterocycles. The molecule has 284 valence electrons. The fourth-order valence-electron chi connectivity index (χ4n) is 5.72. The lowest BCUT2D eigenvalue weighted by Crippen LogP contribution is -2.27. The molecule has 0 aliphatic heterocycles. The lowest BCUT2D eigenvalue weighted by atomic mass is 10.0. The molecule has 4 nitrogen and oxygen atoms in total. The van der Waals surface area contributed by atoms with E-state index in [0.717, 1.165) is 44.9 Å². The first-order valence-electron chi connectivity index (χ1n) is 20.9. The minimum Gasteiger partial charge on any atom is -0.457 e. The smallest absolute Gasteiger partial charge is 0.306 e. The minimum atomic E-state index is -0.541. The number of esters is 1. The van der Waals surface area contributed by atoms with Crippen molar-refractivity contribution in [3.05, 3.63) is 60.8 Å². The number of aliphatic hydroxyl groups excluding tert-OH is 1. The molecular formula is C45H80O4. The van der Waals surface area contributed by atoms with Gasteiger partial charge in [0.2, 0.25) is 0 Å². The average Bonchev–Trinajstić information content (AvgIpc) is 3.11. The second-order valence-corrected chi connectivity index (χ2v) is 13.7. The Morgan fingerprint density at radius 2 is 0.918 bits per heavy atom. The summed E-state index contributed by atoms with van der Waals surface area (Å²) in [5.41, 5.74) is 0. The SMILES string of the molecule is CC/C=C\C/C=C\C/C=C\C/C=C\CCCCCCCCCCCCC(=O)OC(CO)COCCCCCCCC/C=C\CCCCCC. The van der Waals surface area contributed by atoms with E-state index in [1.807, 2.05) is 0 Å². The fourth-order valence-corrected chi connectivity index (χ4v) is 5.72. The molecule has 0 saturated heterocycles. The molecule has 1 atom stereocenters. The van der Waals surface area contributed by atoms with Gasteiger partial charge in [0.05, 0.1) is 13.2 Å². The second-order valence-electron chi connectivity index (χ2n) is 13.7. The summed E-state index contributed by atoms with van der Waals surface area (Å²) >= 11 is 0. The van der Waals surface area contributed by atoms with Crippen LogP contribution in [-0.2, 0) is 14.3 Å². The minimum absolute atomic E-state index is 0.177. The Balaban J connectivity index is 3.46. The summed E-state index contributed by atoms with van der Waals surface area (Å²) in [6.07, 6.45) is 55.6. The number of unbranched alkanes of at least 4 members (excludes halogenated alkanes) is 20. The van der Waals surface area contributed by atoms with E-state index in [9.17, 15) is 9.90 Å². The number of carbonyl (C=O) groups excluding carboxylic acids is 1. The summed E-state index contributed by atoms with van der Waals surface area (Å²) in [6, 6.07) is 0. The van der Waals surface area contributed by atoms with E-state index in [1.165, 1.54) is 128 Å². The van der Waals surface area contributed by atoms with Crippen LogP contribution in [0.5, 0.6) is 0 Å². The van der Waals surface area contributed by atoms with Crippen LogP contribution in [-0.4, -0.2) is 37.0 Å². The number of rotatable bonds is 38. The van der Waals surface area contributed by atoms with Gasteiger partial charge in [-0.2, -0.15) is 0 Å². The van der Waals surface area contributed by atoms with Crippen molar-refractivity contribution in [2.75, 3.05) is 19.8 Å². The number of hydrogen-bond acceptors (Lipinski definition) is 4. The van der Waals surface area contributed by atoms with Gasteiger partial charge in [0.15, 0.2) is 0 Å². The lowest BCUT2D eigenvalue weighted by molar-refractivity contribution is -0.154. The zero-order valence-corrected chi connectivity index (χ0v) is 32.4. The van der Waals surface area contributed by atoms with Crippen molar-refractivity contribution in [1.82, 2.24) is 0 Å². The van der Waals surface area contributed by atoms with Crippen molar-refractivity contribution in [2.45, 2.75) is 200 Å². The second kappa shape index (κ2) is 42.3.